The Morgan fingerprint density at radius 2 is 1.85 bits per heavy atom. The molecule has 34 heavy (non-hydrogen) atoms. The zero-order valence-electron chi connectivity index (χ0n) is 18.9. The van der Waals surface area contributed by atoms with Crippen LogP contribution in [0.5, 0.6) is 0 Å². The van der Waals surface area contributed by atoms with Crippen molar-refractivity contribution in [1.82, 2.24) is 15.5 Å². The fourth-order valence-corrected chi connectivity index (χ4v) is 3.69. The molecule has 186 valence electrons. The lowest BCUT2D eigenvalue weighted by Gasteiger charge is -2.39. The normalized spacial score (nSPS) is 18.6. The topological polar surface area (TPSA) is 180 Å². The lowest BCUT2D eigenvalue weighted by molar-refractivity contribution is -0.309. The molecule has 1 fully saturated rings. The molecule has 12 nitrogen and oxygen atoms in total. The van der Waals surface area contributed by atoms with Crippen LogP contribution in [0.2, 0.25) is 0 Å². The molecular formula is C22H29N4O8-. The van der Waals surface area contributed by atoms with Gasteiger partial charge in [-0.1, -0.05) is 30.3 Å². The average molecular weight is 477 g/mol. The molecule has 1 aliphatic rings. The lowest BCUT2D eigenvalue weighted by atomic mass is 9.95. The van der Waals surface area contributed by atoms with Crippen molar-refractivity contribution in [3.05, 3.63) is 35.9 Å². The van der Waals surface area contributed by atoms with E-state index in [0.29, 0.717) is 6.42 Å². The van der Waals surface area contributed by atoms with Crippen molar-refractivity contribution in [1.29, 1.82) is 0 Å². The van der Waals surface area contributed by atoms with Crippen LogP contribution >= 0.6 is 0 Å². The molecule has 1 aromatic rings. The number of carboxylic acid groups (broad SMARTS) is 1. The summed E-state index contributed by atoms with van der Waals surface area (Å²) in [7, 11) is 1.38. The Bertz CT molecular complexity index is 879. The van der Waals surface area contributed by atoms with Gasteiger partial charge in [-0.2, -0.15) is 0 Å². The van der Waals surface area contributed by atoms with E-state index in [1.807, 2.05) is 6.07 Å². The zero-order chi connectivity index (χ0) is 25.1. The number of methoxy groups -OCH3 is 1. The predicted octanol–water partition coefficient (Wildman–Crippen LogP) is -2.91. The van der Waals surface area contributed by atoms with Gasteiger partial charge in [0.05, 0.1) is 12.6 Å². The molecule has 1 aliphatic heterocycles. The summed E-state index contributed by atoms with van der Waals surface area (Å²) >= 11 is 0. The summed E-state index contributed by atoms with van der Waals surface area (Å²) in [5.74, 6) is -3.83. The van der Waals surface area contributed by atoms with Crippen LogP contribution in [0.25, 0.3) is 0 Å². The maximum atomic E-state index is 13.2. The average Bonchev–Trinajstić information content (AvgIpc) is 2.79. The summed E-state index contributed by atoms with van der Waals surface area (Å²) in [6.45, 7) is -1.40. The molecule has 1 saturated heterocycles. The monoisotopic (exact) mass is 477 g/mol. The van der Waals surface area contributed by atoms with E-state index >= 15 is 0 Å². The minimum Gasteiger partial charge on any atom is -0.548 e. The van der Waals surface area contributed by atoms with Gasteiger partial charge in [-0.25, -0.2) is 0 Å². The number of nitrogens with zero attached hydrogens (tertiary/aromatic N) is 1. The lowest BCUT2D eigenvalue weighted by Crippen LogP contribution is -2.60. The van der Waals surface area contributed by atoms with Gasteiger partial charge in [0.1, 0.15) is 25.3 Å². The fourth-order valence-electron chi connectivity index (χ4n) is 3.69. The highest BCUT2D eigenvalue weighted by atomic mass is 16.5. The number of rotatable bonds is 12. The number of hydrogen-bond donors (Lipinski definition) is 3. The first-order chi connectivity index (χ1) is 16.2. The molecule has 0 aliphatic carbocycles. The van der Waals surface area contributed by atoms with E-state index in [-0.39, 0.29) is 31.9 Å². The van der Waals surface area contributed by atoms with E-state index in [1.54, 1.807) is 24.3 Å². The number of aliphatic carboxylic acids is 1. The summed E-state index contributed by atoms with van der Waals surface area (Å²) in [5, 5.41) is 15.9. The molecular weight excluding hydrogens is 448 g/mol. The molecule has 0 aromatic heterocycles. The minimum absolute atomic E-state index is 0.0737. The van der Waals surface area contributed by atoms with Crippen LogP contribution in [0.3, 0.4) is 0 Å². The third-order valence-electron chi connectivity index (χ3n) is 5.25. The Morgan fingerprint density at radius 1 is 1.15 bits per heavy atom. The number of likely N-dealkylation sites (tertiary alicyclic amines) is 1. The van der Waals surface area contributed by atoms with Crippen molar-refractivity contribution in [3.63, 3.8) is 0 Å². The van der Waals surface area contributed by atoms with E-state index in [1.165, 1.54) is 12.0 Å². The van der Waals surface area contributed by atoms with Crippen LogP contribution < -0.4 is 21.5 Å². The number of carbonyl (C=O) groups excluding carboxylic acids is 5. The maximum absolute atomic E-state index is 13.2. The number of primary amides is 1. The second-order valence-corrected chi connectivity index (χ2v) is 7.84. The van der Waals surface area contributed by atoms with Gasteiger partial charge in [-0.3, -0.25) is 19.2 Å². The first kappa shape index (κ1) is 26.7. The van der Waals surface area contributed by atoms with Crippen molar-refractivity contribution in [2.45, 2.75) is 37.4 Å². The number of ether oxygens (including phenoxy) is 2. The largest absolute Gasteiger partial charge is 0.548 e. The second kappa shape index (κ2) is 13.3. The predicted molar refractivity (Wildman–Crippen MR) is 116 cm³/mol. The van der Waals surface area contributed by atoms with Gasteiger partial charge in [-0.15, -0.1) is 0 Å². The van der Waals surface area contributed by atoms with Gasteiger partial charge in [0.15, 0.2) is 0 Å². The summed E-state index contributed by atoms with van der Waals surface area (Å²) in [6, 6.07) is 6.47. The van der Waals surface area contributed by atoms with Crippen LogP contribution in [-0.2, 0) is 39.9 Å². The number of nitrogens with one attached hydrogen (secondary N) is 2. The number of amides is 4. The molecule has 2 rings (SSSR count). The molecule has 3 atom stereocenters. The zero-order valence-corrected chi connectivity index (χ0v) is 18.9. The van der Waals surface area contributed by atoms with Gasteiger partial charge >= 0.3 is 0 Å². The third kappa shape index (κ3) is 8.45. The molecule has 1 heterocycles. The van der Waals surface area contributed by atoms with Crippen LogP contribution in [-0.4, -0.2) is 86.1 Å². The van der Waals surface area contributed by atoms with Gasteiger partial charge in [0, 0.05) is 26.1 Å². The molecule has 0 radical (unpaired) electrons. The van der Waals surface area contributed by atoms with Crippen LogP contribution in [0, 0.1) is 0 Å². The van der Waals surface area contributed by atoms with Crippen molar-refractivity contribution in [2.24, 2.45) is 5.73 Å². The molecule has 4 N–H and O–H groups in total. The van der Waals surface area contributed by atoms with E-state index in [9.17, 15) is 29.1 Å². The fraction of sp³-hybridized carbons (Fsp3) is 0.500. The van der Waals surface area contributed by atoms with Crippen molar-refractivity contribution >= 4 is 29.6 Å². The minimum atomic E-state index is -1.48. The molecule has 0 unspecified atom stereocenters. The summed E-state index contributed by atoms with van der Waals surface area (Å²) < 4.78 is 9.62. The number of nitrogens with two attached hydrogens (primary N) is 1. The number of carbonyl (C=O) groups is 5. The third-order valence-corrected chi connectivity index (χ3v) is 5.25. The standard InChI is InChI=1S/C22H30N4O8/c1-33-11-18(27)24-15-7-8-26(19(28)12-34-13-20(29)30)17(10-15)22(32)25-16(21(23)31)9-14-5-3-2-4-6-14/h2-6,15-17H,7-13H2,1H3,(H2,23,31)(H,24,27)(H,25,32)(H,29,30)/p-1/t15-,16+,17-/m0/s1. The Kier molecular flexibility index (Phi) is 10.4. The number of benzene rings is 1. The molecule has 0 bridgehead atoms. The molecule has 12 heteroatoms. The van der Waals surface area contributed by atoms with Gasteiger partial charge in [0.2, 0.25) is 23.6 Å². The van der Waals surface area contributed by atoms with Crippen LogP contribution in [0.4, 0.5) is 0 Å². The maximum Gasteiger partial charge on any atom is 0.249 e. The summed E-state index contributed by atoms with van der Waals surface area (Å²) in [6.07, 6.45) is 0.588. The van der Waals surface area contributed by atoms with Crippen molar-refractivity contribution in [2.75, 3.05) is 33.5 Å². The quantitative estimate of drug-likeness (QED) is 0.286. The second-order valence-electron chi connectivity index (χ2n) is 7.84. The Labute approximate surface area is 196 Å². The highest BCUT2D eigenvalue weighted by Gasteiger charge is 2.38. The van der Waals surface area contributed by atoms with E-state index in [4.69, 9.17) is 15.2 Å². The molecule has 0 spiro atoms. The van der Waals surface area contributed by atoms with Gasteiger partial charge < -0.3 is 40.6 Å². The van der Waals surface area contributed by atoms with E-state index < -0.39 is 55.0 Å². The summed E-state index contributed by atoms with van der Waals surface area (Å²) in [4.78, 5) is 61.5. The van der Waals surface area contributed by atoms with E-state index in [0.717, 1.165) is 5.56 Å². The Balaban J connectivity index is 2.14. The molecule has 4 amide bonds. The highest BCUT2D eigenvalue weighted by molar-refractivity contribution is 5.92. The number of hydrogen-bond acceptors (Lipinski definition) is 8. The number of piperidine rings is 1. The molecule has 1 aromatic carbocycles. The van der Waals surface area contributed by atoms with E-state index in [2.05, 4.69) is 10.6 Å². The Morgan fingerprint density at radius 3 is 2.47 bits per heavy atom. The van der Waals surface area contributed by atoms with Crippen molar-refractivity contribution < 1.29 is 38.6 Å². The summed E-state index contributed by atoms with van der Waals surface area (Å²) in [5.41, 5.74) is 6.27. The highest BCUT2D eigenvalue weighted by Crippen LogP contribution is 2.19. The van der Waals surface area contributed by atoms with Gasteiger partial charge in [-0.05, 0) is 18.4 Å². The first-order valence-electron chi connectivity index (χ1n) is 10.7. The molecule has 0 saturated carbocycles. The SMILES string of the molecule is COCC(=O)N[C@H]1CCN(C(=O)COCC(=O)[O-])[C@H](C(=O)N[C@H](Cc2ccccc2)C(N)=O)C1. The van der Waals surface area contributed by atoms with Gasteiger partial charge in [0.25, 0.3) is 0 Å². The van der Waals surface area contributed by atoms with Crippen LogP contribution in [0.15, 0.2) is 30.3 Å². The first-order valence-corrected chi connectivity index (χ1v) is 10.7. The van der Waals surface area contributed by atoms with Crippen LogP contribution in [0.1, 0.15) is 18.4 Å². The smallest absolute Gasteiger partial charge is 0.249 e. The van der Waals surface area contributed by atoms with Crippen molar-refractivity contribution in [3.8, 4) is 0 Å². The Hall–Kier alpha value is -3.51. The number of carboxylic acids is 1.